The fourth-order valence-electron chi connectivity index (χ4n) is 3.87. The lowest BCUT2D eigenvalue weighted by atomic mass is 9.90. The second kappa shape index (κ2) is 8.64. The number of ether oxygens (including phenoxy) is 2. The lowest BCUT2D eigenvalue weighted by Crippen LogP contribution is -2.30. The minimum atomic E-state index is -0.228. The van der Waals surface area contributed by atoms with Gasteiger partial charge in [0.25, 0.3) is 12.0 Å². The predicted molar refractivity (Wildman–Crippen MR) is 112 cm³/mol. The van der Waals surface area contributed by atoms with Gasteiger partial charge in [0.05, 0.1) is 6.04 Å². The molecule has 2 heterocycles. The Morgan fingerprint density at radius 1 is 1.03 bits per heavy atom. The number of nitrogens with zero attached hydrogens (tertiary/aromatic N) is 2. The third-order valence-electron chi connectivity index (χ3n) is 5.57. The van der Waals surface area contributed by atoms with Gasteiger partial charge in [-0.1, -0.05) is 49.4 Å². The monoisotopic (exact) mass is 395 g/mol. The summed E-state index contributed by atoms with van der Waals surface area (Å²) in [6, 6.07) is 16.2. The van der Waals surface area contributed by atoms with Gasteiger partial charge in [-0.3, -0.25) is 5.32 Å². The smallest absolute Gasteiger partial charge is 0.293 e. The zero-order valence-electron chi connectivity index (χ0n) is 16.8. The average Bonchev–Trinajstić information content (AvgIpc) is 3.39. The standard InChI is InChI=1S/C23H26FN3O2/c1-3-16(17-8-5-4-6-9-17)12-18-13-28-22(25-18)27-23-26-21(14-29-23)19-10-7-11-20(24)15(19)2/h4-11,16,18,21H,3,12-14H2,1-2H3,(H,25,26,27)/t16?,18-,21+/m0/s1. The van der Waals surface area contributed by atoms with Gasteiger partial charge in [-0.05, 0) is 48.4 Å². The first-order chi connectivity index (χ1) is 14.1. The van der Waals surface area contributed by atoms with Gasteiger partial charge in [0, 0.05) is 0 Å². The molecule has 0 amide bonds. The Bertz CT molecular complexity index is 914. The molecule has 4 rings (SSSR count). The van der Waals surface area contributed by atoms with Crippen LogP contribution in [0.3, 0.4) is 0 Å². The van der Waals surface area contributed by atoms with Crippen molar-refractivity contribution in [3.8, 4) is 0 Å². The van der Waals surface area contributed by atoms with E-state index in [1.807, 2.05) is 12.1 Å². The van der Waals surface area contributed by atoms with Gasteiger partial charge in [-0.15, -0.1) is 0 Å². The van der Waals surface area contributed by atoms with Crippen LogP contribution >= 0.6 is 0 Å². The third-order valence-corrected chi connectivity index (χ3v) is 5.57. The van der Waals surface area contributed by atoms with Gasteiger partial charge in [0.1, 0.15) is 25.1 Å². The van der Waals surface area contributed by atoms with E-state index in [9.17, 15) is 4.39 Å². The van der Waals surface area contributed by atoms with Crippen molar-refractivity contribution in [1.82, 2.24) is 5.32 Å². The number of nitrogens with one attached hydrogen (secondary N) is 1. The van der Waals surface area contributed by atoms with Crippen LogP contribution in [0.1, 0.15) is 48.4 Å². The largest absolute Gasteiger partial charge is 0.463 e. The predicted octanol–water partition coefficient (Wildman–Crippen LogP) is 4.49. The van der Waals surface area contributed by atoms with Crippen molar-refractivity contribution in [1.29, 1.82) is 0 Å². The Morgan fingerprint density at radius 3 is 2.59 bits per heavy atom. The zero-order chi connectivity index (χ0) is 20.2. The third kappa shape index (κ3) is 4.42. The molecule has 6 heteroatoms. The molecule has 29 heavy (non-hydrogen) atoms. The maximum Gasteiger partial charge on any atom is 0.293 e. The van der Waals surface area contributed by atoms with Crippen molar-refractivity contribution in [3.63, 3.8) is 0 Å². The molecule has 0 bridgehead atoms. The van der Waals surface area contributed by atoms with Gasteiger partial charge in [-0.25, -0.2) is 14.4 Å². The van der Waals surface area contributed by atoms with Crippen LogP contribution in [-0.2, 0) is 9.47 Å². The summed E-state index contributed by atoms with van der Waals surface area (Å²) in [5, 5.41) is 3.03. The Labute approximate surface area is 170 Å². The molecule has 0 saturated heterocycles. The van der Waals surface area contributed by atoms with E-state index in [4.69, 9.17) is 9.47 Å². The first-order valence-corrected chi connectivity index (χ1v) is 10.1. The van der Waals surface area contributed by atoms with E-state index in [0.717, 1.165) is 18.4 Å². The van der Waals surface area contributed by atoms with Crippen molar-refractivity contribution >= 4 is 12.0 Å². The van der Waals surface area contributed by atoms with Gasteiger partial charge < -0.3 is 9.47 Å². The van der Waals surface area contributed by atoms with Crippen molar-refractivity contribution < 1.29 is 13.9 Å². The highest BCUT2D eigenvalue weighted by Gasteiger charge is 2.27. The summed E-state index contributed by atoms with van der Waals surface area (Å²) in [5.41, 5.74) is 2.78. The van der Waals surface area contributed by atoms with E-state index < -0.39 is 0 Å². The number of aliphatic imine (C=N–C) groups is 2. The number of rotatable bonds is 5. The van der Waals surface area contributed by atoms with E-state index in [1.54, 1.807) is 13.0 Å². The highest BCUT2D eigenvalue weighted by atomic mass is 19.1. The summed E-state index contributed by atoms with van der Waals surface area (Å²) in [6.45, 7) is 4.88. The van der Waals surface area contributed by atoms with Crippen LogP contribution in [0.5, 0.6) is 0 Å². The lowest BCUT2D eigenvalue weighted by Gasteiger charge is -2.17. The Hall–Kier alpha value is -2.89. The molecule has 0 saturated carbocycles. The van der Waals surface area contributed by atoms with Crippen LogP contribution in [0.4, 0.5) is 4.39 Å². The molecule has 1 N–H and O–H groups in total. The first-order valence-electron chi connectivity index (χ1n) is 10.1. The number of hydrogen-bond donors (Lipinski definition) is 1. The molecule has 2 aliphatic rings. The highest BCUT2D eigenvalue weighted by Crippen LogP contribution is 2.28. The maximum absolute atomic E-state index is 13.8. The lowest BCUT2D eigenvalue weighted by molar-refractivity contribution is 0.286. The molecular weight excluding hydrogens is 369 g/mol. The molecule has 0 aromatic heterocycles. The minimum Gasteiger partial charge on any atom is -0.463 e. The summed E-state index contributed by atoms with van der Waals surface area (Å²) in [7, 11) is 0. The average molecular weight is 395 g/mol. The minimum absolute atomic E-state index is 0.103. The van der Waals surface area contributed by atoms with Crippen molar-refractivity contribution in [2.24, 2.45) is 9.98 Å². The summed E-state index contributed by atoms with van der Waals surface area (Å²) >= 11 is 0. The number of benzene rings is 2. The second-order valence-electron chi connectivity index (χ2n) is 7.49. The molecular formula is C23H26FN3O2. The van der Waals surface area contributed by atoms with E-state index in [2.05, 4.69) is 46.5 Å². The maximum atomic E-state index is 13.8. The SMILES string of the molecule is CCC(C[C@H]1COC(NC2=N[C@@H](c3cccc(F)c3C)CO2)=N1)c1ccccc1. The highest BCUT2D eigenvalue weighted by molar-refractivity contribution is 5.94. The topological polar surface area (TPSA) is 55.2 Å². The van der Waals surface area contributed by atoms with Crippen LogP contribution in [-0.4, -0.2) is 31.3 Å². The van der Waals surface area contributed by atoms with Crippen LogP contribution in [0.15, 0.2) is 58.5 Å². The molecule has 1 unspecified atom stereocenters. The van der Waals surface area contributed by atoms with Crippen molar-refractivity contribution in [3.05, 3.63) is 71.0 Å². The van der Waals surface area contributed by atoms with Crippen LogP contribution in [0.25, 0.3) is 0 Å². The van der Waals surface area contributed by atoms with Gasteiger partial charge in [0.15, 0.2) is 0 Å². The molecule has 0 aliphatic carbocycles. The zero-order valence-corrected chi connectivity index (χ0v) is 16.8. The fourth-order valence-corrected chi connectivity index (χ4v) is 3.87. The number of halogens is 1. The van der Waals surface area contributed by atoms with Gasteiger partial charge >= 0.3 is 0 Å². The quantitative estimate of drug-likeness (QED) is 0.812. The van der Waals surface area contributed by atoms with Gasteiger partial charge in [0.2, 0.25) is 0 Å². The van der Waals surface area contributed by atoms with Gasteiger partial charge in [-0.2, -0.15) is 0 Å². The van der Waals surface area contributed by atoms with E-state index in [-0.39, 0.29) is 17.9 Å². The molecule has 3 atom stereocenters. The first kappa shape index (κ1) is 19.4. The van der Waals surface area contributed by atoms with E-state index in [1.165, 1.54) is 11.6 Å². The number of amidine groups is 2. The summed E-state index contributed by atoms with van der Waals surface area (Å²) in [6.07, 6.45) is 1.99. The van der Waals surface area contributed by atoms with E-state index >= 15 is 0 Å². The Morgan fingerprint density at radius 2 is 1.79 bits per heavy atom. The Balaban J connectivity index is 1.38. The molecule has 2 aromatic rings. The van der Waals surface area contributed by atoms with Crippen molar-refractivity contribution in [2.45, 2.75) is 44.7 Å². The second-order valence-corrected chi connectivity index (χ2v) is 7.49. The molecule has 2 aromatic carbocycles. The van der Waals surface area contributed by atoms with Crippen LogP contribution in [0, 0.1) is 12.7 Å². The normalized spacial score (nSPS) is 21.8. The molecule has 0 fully saturated rings. The van der Waals surface area contributed by atoms with E-state index in [0.29, 0.717) is 36.7 Å². The summed E-state index contributed by atoms with van der Waals surface area (Å²) in [4.78, 5) is 9.19. The fraction of sp³-hybridized carbons (Fsp3) is 0.391. The molecule has 0 radical (unpaired) electrons. The van der Waals surface area contributed by atoms with Crippen LogP contribution in [0.2, 0.25) is 0 Å². The summed E-state index contributed by atoms with van der Waals surface area (Å²) in [5.74, 6) is 0.225. The molecule has 152 valence electrons. The molecule has 5 nitrogen and oxygen atoms in total. The van der Waals surface area contributed by atoms with Crippen molar-refractivity contribution in [2.75, 3.05) is 13.2 Å². The molecule has 0 spiro atoms. The number of hydrogen-bond acceptors (Lipinski definition) is 5. The summed E-state index contributed by atoms with van der Waals surface area (Å²) < 4.78 is 25.2. The Kier molecular flexibility index (Phi) is 5.79. The molecule has 2 aliphatic heterocycles. The van der Waals surface area contributed by atoms with Crippen LogP contribution < -0.4 is 5.32 Å².